The largest absolute Gasteiger partial charge is 0.496 e. The number of methoxy groups -OCH3 is 1. The summed E-state index contributed by atoms with van der Waals surface area (Å²) in [5, 5.41) is 9.06. The monoisotopic (exact) mass is 388 g/mol. The van der Waals surface area contributed by atoms with Crippen LogP contribution >= 0.6 is 11.9 Å². The number of benzene rings is 2. The summed E-state index contributed by atoms with van der Waals surface area (Å²) >= 11 is 1.10. The molecule has 0 aliphatic rings. The number of Topliss-reactive ketones (excluding diaryl/α,β-unsaturated/α-hetero) is 1. The Kier molecular flexibility index (Phi) is 12.3. The van der Waals surface area contributed by atoms with Crippen molar-refractivity contribution in [1.29, 1.82) is 0 Å². The van der Waals surface area contributed by atoms with E-state index in [-0.39, 0.29) is 5.78 Å². The summed E-state index contributed by atoms with van der Waals surface area (Å²) in [4.78, 5) is 13.1. The van der Waals surface area contributed by atoms with Crippen molar-refractivity contribution in [2.45, 2.75) is 44.4 Å². The molecule has 0 saturated heterocycles. The molecular weight excluding hydrogens is 356 g/mol. The molecule has 2 aromatic rings. The molecule has 0 aliphatic carbocycles. The van der Waals surface area contributed by atoms with Crippen LogP contribution in [0.1, 0.15) is 49.0 Å². The van der Waals surface area contributed by atoms with Crippen molar-refractivity contribution in [3.63, 3.8) is 0 Å². The third kappa shape index (κ3) is 8.61. The van der Waals surface area contributed by atoms with E-state index in [1.807, 2.05) is 26.0 Å². The Labute approximate surface area is 168 Å². The van der Waals surface area contributed by atoms with Crippen LogP contribution in [-0.4, -0.2) is 26.0 Å². The zero-order valence-corrected chi connectivity index (χ0v) is 17.5. The lowest BCUT2D eigenvalue weighted by molar-refractivity contribution is 0.0979. The molecule has 0 aliphatic heterocycles. The lowest BCUT2D eigenvalue weighted by atomic mass is 10.1. The van der Waals surface area contributed by atoms with Crippen molar-refractivity contribution in [1.82, 2.24) is 5.32 Å². The van der Waals surface area contributed by atoms with E-state index in [1.165, 1.54) is 5.56 Å². The van der Waals surface area contributed by atoms with Crippen LogP contribution in [0.25, 0.3) is 0 Å². The van der Waals surface area contributed by atoms with Crippen LogP contribution < -0.4 is 15.2 Å². The predicted octanol–water partition coefficient (Wildman–Crippen LogP) is 4.87. The molecule has 0 radical (unpaired) electrons. The molecule has 5 heteroatoms. The number of nitrogens with two attached hydrogens (primary N) is 1. The molecule has 148 valence electrons. The van der Waals surface area contributed by atoms with Crippen molar-refractivity contribution in [2.24, 2.45) is 5.14 Å². The van der Waals surface area contributed by atoms with Crippen LogP contribution in [0, 0.1) is 0 Å². The Balaban J connectivity index is 0.00000176. The highest BCUT2D eigenvalue weighted by Gasteiger charge is 2.10. The normalized spacial score (nSPS) is 10.1. The number of hydrogen-bond donors (Lipinski definition) is 2. The van der Waals surface area contributed by atoms with Gasteiger partial charge in [0.15, 0.2) is 5.78 Å². The molecule has 0 spiro atoms. The van der Waals surface area contributed by atoms with Gasteiger partial charge in [-0.2, -0.15) is 0 Å². The predicted molar refractivity (Wildman–Crippen MR) is 116 cm³/mol. The van der Waals surface area contributed by atoms with Gasteiger partial charge in [-0.3, -0.25) is 9.93 Å². The number of ketones is 1. The van der Waals surface area contributed by atoms with Gasteiger partial charge in [0.1, 0.15) is 5.75 Å². The first-order chi connectivity index (χ1) is 13.2. The second kappa shape index (κ2) is 14.3. The summed E-state index contributed by atoms with van der Waals surface area (Å²) in [5.41, 5.74) is 2.05. The van der Waals surface area contributed by atoms with E-state index in [9.17, 15) is 4.79 Å². The van der Waals surface area contributed by atoms with Gasteiger partial charge in [0.2, 0.25) is 0 Å². The lowest BCUT2D eigenvalue weighted by Gasteiger charge is -2.08. The van der Waals surface area contributed by atoms with Crippen LogP contribution in [-0.2, 0) is 6.42 Å². The van der Waals surface area contributed by atoms with Crippen molar-refractivity contribution in [3.8, 4) is 5.75 Å². The highest BCUT2D eigenvalue weighted by molar-refractivity contribution is 7.97. The fourth-order valence-electron chi connectivity index (χ4n) is 2.62. The fourth-order valence-corrected chi connectivity index (χ4v) is 3.09. The molecule has 3 N–H and O–H groups in total. The van der Waals surface area contributed by atoms with Crippen LogP contribution in [0.15, 0.2) is 53.4 Å². The second-order valence-corrected chi connectivity index (χ2v) is 6.52. The summed E-state index contributed by atoms with van der Waals surface area (Å²) in [6.45, 7) is 5.90. The number of hydrogen-bond acceptors (Lipinski definition) is 5. The fraction of sp³-hybridized carbons (Fsp3) is 0.409. The van der Waals surface area contributed by atoms with E-state index in [4.69, 9.17) is 9.88 Å². The van der Waals surface area contributed by atoms with E-state index in [0.29, 0.717) is 17.7 Å². The maximum atomic E-state index is 12.3. The average molecular weight is 389 g/mol. The van der Waals surface area contributed by atoms with Gasteiger partial charge < -0.3 is 10.1 Å². The van der Waals surface area contributed by atoms with E-state index < -0.39 is 0 Å². The van der Waals surface area contributed by atoms with E-state index in [1.54, 1.807) is 19.2 Å². The summed E-state index contributed by atoms with van der Waals surface area (Å²) in [6.07, 6.45) is 3.47. The maximum Gasteiger partial charge on any atom is 0.162 e. The van der Waals surface area contributed by atoms with Crippen LogP contribution in [0.2, 0.25) is 0 Å². The SMILES string of the molecule is CC.COc1ccc(C(=O)CCCCNCCc2ccccc2)cc1SN. The van der Waals surface area contributed by atoms with Crippen molar-refractivity contribution < 1.29 is 9.53 Å². The van der Waals surface area contributed by atoms with Crippen molar-refractivity contribution in [2.75, 3.05) is 20.2 Å². The van der Waals surface area contributed by atoms with Crippen LogP contribution in [0.5, 0.6) is 5.75 Å². The van der Waals surface area contributed by atoms with Gasteiger partial charge in [-0.15, -0.1) is 0 Å². The molecule has 2 aromatic carbocycles. The van der Waals surface area contributed by atoms with Gasteiger partial charge in [0.25, 0.3) is 0 Å². The zero-order chi connectivity index (χ0) is 19.9. The van der Waals surface area contributed by atoms with Crippen molar-refractivity contribution in [3.05, 3.63) is 59.7 Å². The number of nitrogens with one attached hydrogen (secondary N) is 1. The number of carbonyl (C=O) groups is 1. The molecule has 4 nitrogen and oxygen atoms in total. The molecule has 0 amide bonds. The van der Waals surface area contributed by atoms with E-state index >= 15 is 0 Å². The summed E-state index contributed by atoms with van der Waals surface area (Å²) in [6, 6.07) is 15.9. The molecule has 0 atom stereocenters. The molecule has 0 aromatic heterocycles. The number of carbonyl (C=O) groups excluding carboxylic acids is 1. The molecule has 0 saturated carbocycles. The molecule has 27 heavy (non-hydrogen) atoms. The quantitative estimate of drug-likeness (QED) is 0.326. The Morgan fingerprint density at radius 1 is 1.07 bits per heavy atom. The minimum absolute atomic E-state index is 0.155. The van der Waals surface area contributed by atoms with Gasteiger partial charge in [-0.1, -0.05) is 44.2 Å². The molecule has 0 bridgehead atoms. The highest BCUT2D eigenvalue weighted by Crippen LogP contribution is 2.27. The smallest absolute Gasteiger partial charge is 0.162 e. The van der Waals surface area contributed by atoms with Gasteiger partial charge >= 0.3 is 0 Å². The van der Waals surface area contributed by atoms with Gasteiger partial charge in [0.05, 0.1) is 12.0 Å². The average Bonchev–Trinajstić information content (AvgIpc) is 2.74. The van der Waals surface area contributed by atoms with Crippen molar-refractivity contribution >= 4 is 17.7 Å². The Morgan fingerprint density at radius 3 is 2.48 bits per heavy atom. The van der Waals surface area contributed by atoms with Crippen LogP contribution in [0.4, 0.5) is 0 Å². The zero-order valence-electron chi connectivity index (χ0n) is 16.7. The molecular formula is C22H32N2O2S. The standard InChI is InChI=1S/C20H26N2O2S.C2H6/c1-24-19-11-10-17(15-20(19)25-21)18(23)9-5-6-13-22-14-12-16-7-3-2-4-8-16;1-2/h2-4,7-8,10-11,15,22H,5-6,9,12-14,21H2,1H3;1-2H3. The first kappa shape index (κ1) is 23.2. The third-order valence-corrected chi connectivity index (χ3v) is 4.63. The second-order valence-electron chi connectivity index (χ2n) is 5.85. The van der Waals surface area contributed by atoms with Gasteiger partial charge in [-0.05, 0) is 68.1 Å². The van der Waals surface area contributed by atoms with E-state index in [2.05, 4.69) is 29.6 Å². The molecule has 0 unspecified atom stereocenters. The Hall–Kier alpha value is -1.82. The summed E-state index contributed by atoms with van der Waals surface area (Å²) in [7, 11) is 1.60. The summed E-state index contributed by atoms with van der Waals surface area (Å²) in [5.74, 6) is 0.855. The Bertz CT molecular complexity index is 663. The first-order valence-corrected chi connectivity index (χ1v) is 10.4. The number of ether oxygens (including phenoxy) is 1. The van der Waals surface area contributed by atoms with Gasteiger partial charge in [-0.25, -0.2) is 0 Å². The highest BCUT2D eigenvalue weighted by atomic mass is 32.2. The Morgan fingerprint density at radius 2 is 1.81 bits per heavy atom. The van der Waals surface area contributed by atoms with Crippen LogP contribution in [0.3, 0.4) is 0 Å². The molecule has 0 fully saturated rings. The van der Waals surface area contributed by atoms with Gasteiger partial charge in [0, 0.05) is 12.0 Å². The van der Waals surface area contributed by atoms with E-state index in [0.717, 1.165) is 49.2 Å². The minimum Gasteiger partial charge on any atom is -0.496 e. The first-order valence-electron chi connectivity index (χ1n) is 9.57. The lowest BCUT2D eigenvalue weighted by Crippen LogP contribution is -2.18. The maximum absolute atomic E-state index is 12.3. The topological polar surface area (TPSA) is 64.3 Å². The number of unbranched alkanes of at least 4 members (excludes halogenated alkanes) is 1. The minimum atomic E-state index is 0.155. The third-order valence-electron chi connectivity index (χ3n) is 4.05. The molecule has 2 rings (SSSR count). The summed E-state index contributed by atoms with van der Waals surface area (Å²) < 4.78 is 5.22. The number of rotatable bonds is 11. The molecule has 0 heterocycles.